The summed E-state index contributed by atoms with van der Waals surface area (Å²) in [6.45, 7) is 12.9. The van der Waals surface area contributed by atoms with Crippen molar-refractivity contribution in [1.82, 2.24) is 24.2 Å². The predicted octanol–water partition coefficient (Wildman–Crippen LogP) is 4.22. The SMILES string of the molecule is CC[C@H]1CN(C(C)c2ccc(C(C)C)nc2)[C@H](CC)CN1c1cc(=O)n(C)c2cn(CC#N)nc12. The molecule has 0 radical (unpaired) electrons. The van der Waals surface area contributed by atoms with Crippen LogP contribution in [0.1, 0.15) is 70.7 Å². The summed E-state index contributed by atoms with van der Waals surface area (Å²) in [5, 5.41) is 13.8. The minimum atomic E-state index is -0.0565. The largest absolute Gasteiger partial charge is 0.364 e. The highest BCUT2D eigenvalue weighted by atomic mass is 16.1. The second-order valence-electron chi connectivity index (χ2n) is 9.97. The molecule has 3 aromatic rings. The molecule has 0 amide bonds. The maximum absolute atomic E-state index is 12.9. The molecule has 1 aliphatic rings. The molecule has 1 aliphatic heterocycles. The van der Waals surface area contributed by atoms with Crippen LogP contribution in [0, 0.1) is 11.3 Å². The van der Waals surface area contributed by atoms with E-state index in [0.717, 1.165) is 48.3 Å². The third-order valence-electron chi connectivity index (χ3n) is 7.54. The average Bonchev–Trinajstić information content (AvgIpc) is 3.29. The number of aromatic nitrogens is 4. The van der Waals surface area contributed by atoms with Crippen LogP contribution in [-0.4, -0.2) is 49.4 Å². The molecule has 3 atom stereocenters. The van der Waals surface area contributed by atoms with Gasteiger partial charge in [-0.1, -0.05) is 33.8 Å². The standard InChI is InChI=1S/C27H37N7O/c1-7-21-16-34(24-13-26(35)31(6)25-17-32(12-11-28)30-27(24)25)22(8-2)15-33(21)19(5)20-9-10-23(18(3)4)29-14-20/h9-10,13-14,17-19,21-22H,7-8,12,15-16H2,1-6H3/t19?,21-,22+/m1/s1. The minimum Gasteiger partial charge on any atom is -0.364 e. The number of fused-ring (bicyclic) bond motifs is 1. The third kappa shape index (κ3) is 4.70. The van der Waals surface area contributed by atoms with Gasteiger partial charge in [-0.05, 0) is 37.3 Å². The van der Waals surface area contributed by atoms with Crippen LogP contribution in [0.15, 0.2) is 35.4 Å². The van der Waals surface area contributed by atoms with Crippen molar-refractivity contribution in [3.05, 3.63) is 52.2 Å². The van der Waals surface area contributed by atoms with Crippen molar-refractivity contribution in [3.63, 3.8) is 0 Å². The molecule has 4 rings (SSSR count). The summed E-state index contributed by atoms with van der Waals surface area (Å²) in [6.07, 6.45) is 5.80. The first kappa shape index (κ1) is 24.9. The van der Waals surface area contributed by atoms with E-state index in [4.69, 9.17) is 15.3 Å². The molecule has 3 aromatic heterocycles. The molecule has 4 heterocycles. The number of piperazine rings is 1. The van der Waals surface area contributed by atoms with Gasteiger partial charge in [-0.2, -0.15) is 10.4 Å². The number of anilines is 1. The van der Waals surface area contributed by atoms with E-state index < -0.39 is 0 Å². The third-order valence-corrected chi connectivity index (χ3v) is 7.54. The fraction of sp³-hybridized carbons (Fsp3) is 0.556. The molecule has 1 saturated heterocycles. The zero-order valence-electron chi connectivity index (χ0n) is 21.8. The zero-order chi connectivity index (χ0) is 25.3. The molecule has 1 fully saturated rings. The fourth-order valence-electron chi connectivity index (χ4n) is 5.26. The Balaban J connectivity index is 1.69. The van der Waals surface area contributed by atoms with Gasteiger partial charge >= 0.3 is 0 Å². The second-order valence-corrected chi connectivity index (χ2v) is 9.97. The van der Waals surface area contributed by atoms with E-state index in [0.29, 0.717) is 12.0 Å². The lowest BCUT2D eigenvalue weighted by atomic mass is 9.96. The summed E-state index contributed by atoms with van der Waals surface area (Å²) in [7, 11) is 1.76. The smallest absolute Gasteiger partial charge is 0.252 e. The highest BCUT2D eigenvalue weighted by molar-refractivity contribution is 5.88. The lowest BCUT2D eigenvalue weighted by Gasteiger charge is -2.49. The van der Waals surface area contributed by atoms with Gasteiger partial charge in [-0.3, -0.25) is 19.4 Å². The number of rotatable bonds is 7. The molecule has 0 aromatic carbocycles. The van der Waals surface area contributed by atoms with Crippen molar-refractivity contribution < 1.29 is 0 Å². The zero-order valence-corrected chi connectivity index (χ0v) is 21.8. The molecule has 0 bridgehead atoms. The van der Waals surface area contributed by atoms with Crippen LogP contribution in [0.3, 0.4) is 0 Å². The second kappa shape index (κ2) is 10.2. The van der Waals surface area contributed by atoms with E-state index >= 15 is 0 Å². The molecule has 0 N–H and O–H groups in total. The summed E-state index contributed by atoms with van der Waals surface area (Å²) in [4.78, 5) is 22.5. The van der Waals surface area contributed by atoms with Crippen LogP contribution in [0.4, 0.5) is 5.69 Å². The molecule has 8 heteroatoms. The molecule has 35 heavy (non-hydrogen) atoms. The van der Waals surface area contributed by atoms with Crippen LogP contribution in [0.25, 0.3) is 11.0 Å². The number of pyridine rings is 2. The monoisotopic (exact) mass is 475 g/mol. The lowest BCUT2D eigenvalue weighted by molar-refractivity contribution is 0.101. The Morgan fingerprint density at radius 3 is 2.49 bits per heavy atom. The maximum Gasteiger partial charge on any atom is 0.252 e. The number of hydrogen-bond donors (Lipinski definition) is 0. The van der Waals surface area contributed by atoms with Gasteiger partial charge < -0.3 is 9.47 Å². The van der Waals surface area contributed by atoms with E-state index in [1.165, 1.54) is 5.56 Å². The Kier molecular flexibility index (Phi) is 7.27. The molecular formula is C27H37N7O. The minimum absolute atomic E-state index is 0.0565. The number of aryl methyl sites for hydroxylation is 1. The van der Waals surface area contributed by atoms with E-state index in [1.807, 2.05) is 6.20 Å². The fourth-order valence-corrected chi connectivity index (χ4v) is 5.26. The molecule has 0 spiro atoms. The molecule has 8 nitrogen and oxygen atoms in total. The first-order valence-electron chi connectivity index (χ1n) is 12.7. The summed E-state index contributed by atoms with van der Waals surface area (Å²) >= 11 is 0. The highest BCUT2D eigenvalue weighted by Gasteiger charge is 2.36. The Labute approximate surface area is 207 Å². The van der Waals surface area contributed by atoms with Crippen molar-refractivity contribution >= 4 is 16.7 Å². The van der Waals surface area contributed by atoms with E-state index in [9.17, 15) is 4.79 Å². The first-order chi connectivity index (χ1) is 16.8. The summed E-state index contributed by atoms with van der Waals surface area (Å²) in [6, 6.07) is 9.07. The molecule has 0 saturated carbocycles. The Morgan fingerprint density at radius 1 is 1.14 bits per heavy atom. The highest BCUT2D eigenvalue weighted by Crippen LogP contribution is 2.34. The van der Waals surface area contributed by atoms with E-state index in [2.05, 4.69) is 62.6 Å². The van der Waals surface area contributed by atoms with Gasteiger partial charge in [0.15, 0.2) is 0 Å². The van der Waals surface area contributed by atoms with Gasteiger partial charge in [0.05, 0.1) is 23.5 Å². The molecule has 0 aliphatic carbocycles. The maximum atomic E-state index is 12.9. The van der Waals surface area contributed by atoms with Crippen molar-refractivity contribution in [1.29, 1.82) is 5.26 Å². The lowest BCUT2D eigenvalue weighted by Crippen LogP contribution is -2.58. The van der Waals surface area contributed by atoms with Gasteiger partial charge in [-0.15, -0.1) is 0 Å². The van der Waals surface area contributed by atoms with Crippen LogP contribution in [0.2, 0.25) is 0 Å². The Hall–Kier alpha value is -3.18. The van der Waals surface area contributed by atoms with Crippen molar-refractivity contribution in [3.8, 4) is 6.07 Å². The van der Waals surface area contributed by atoms with Gasteiger partial charge in [0.25, 0.3) is 5.56 Å². The van der Waals surface area contributed by atoms with Crippen molar-refractivity contribution in [2.24, 2.45) is 7.05 Å². The van der Waals surface area contributed by atoms with E-state index in [-0.39, 0.29) is 24.2 Å². The van der Waals surface area contributed by atoms with Crippen LogP contribution >= 0.6 is 0 Å². The number of nitrogens with zero attached hydrogens (tertiary/aromatic N) is 7. The quantitative estimate of drug-likeness (QED) is 0.509. The topological polar surface area (TPSA) is 83.0 Å². The van der Waals surface area contributed by atoms with Gasteiger partial charge in [0.1, 0.15) is 12.1 Å². The predicted molar refractivity (Wildman–Crippen MR) is 140 cm³/mol. The Morgan fingerprint density at radius 2 is 1.89 bits per heavy atom. The van der Waals surface area contributed by atoms with Gasteiger partial charge in [0.2, 0.25) is 0 Å². The normalized spacial score (nSPS) is 19.9. The van der Waals surface area contributed by atoms with Gasteiger partial charge in [0, 0.05) is 56.2 Å². The molecule has 186 valence electrons. The summed E-state index contributed by atoms with van der Waals surface area (Å²) < 4.78 is 3.24. The Bertz CT molecular complexity index is 1270. The molecular weight excluding hydrogens is 438 g/mol. The average molecular weight is 476 g/mol. The summed E-state index contributed by atoms with van der Waals surface area (Å²) in [5.41, 5.74) is 4.72. The number of hydrogen-bond acceptors (Lipinski definition) is 6. The van der Waals surface area contributed by atoms with Crippen LogP contribution in [0.5, 0.6) is 0 Å². The van der Waals surface area contributed by atoms with Crippen LogP contribution < -0.4 is 10.5 Å². The van der Waals surface area contributed by atoms with Gasteiger partial charge in [-0.25, -0.2) is 0 Å². The van der Waals surface area contributed by atoms with Crippen molar-refractivity contribution in [2.75, 3.05) is 18.0 Å². The molecule has 1 unspecified atom stereocenters. The summed E-state index contributed by atoms with van der Waals surface area (Å²) in [5.74, 6) is 0.419. The van der Waals surface area contributed by atoms with Crippen LogP contribution in [-0.2, 0) is 13.6 Å². The first-order valence-corrected chi connectivity index (χ1v) is 12.7. The number of nitriles is 1. The van der Waals surface area contributed by atoms with Crippen molar-refractivity contribution in [2.45, 2.75) is 78.0 Å². The van der Waals surface area contributed by atoms with E-state index in [1.54, 1.807) is 28.6 Å².